The van der Waals surface area contributed by atoms with Gasteiger partial charge in [0.1, 0.15) is 6.04 Å². The van der Waals surface area contributed by atoms with Crippen LogP contribution in [0.1, 0.15) is 73.1 Å². The number of aryl methyl sites for hydroxylation is 1. The van der Waals surface area contributed by atoms with Crippen LogP contribution in [0.15, 0.2) is 53.3 Å². The van der Waals surface area contributed by atoms with Crippen molar-refractivity contribution in [3.8, 4) is 0 Å². The molecule has 38 heavy (non-hydrogen) atoms. The van der Waals surface area contributed by atoms with Crippen molar-refractivity contribution < 1.29 is 4.74 Å². The first-order valence-corrected chi connectivity index (χ1v) is 13.9. The quantitative estimate of drug-likeness (QED) is 0.328. The van der Waals surface area contributed by atoms with Gasteiger partial charge >= 0.3 is 0 Å². The number of fused-ring (bicyclic) bond motifs is 1. The number of benzene rings is 2. The minimum absolute atomic E-state index is 0.0859. The molecule has 6 rings (SSSR count). The van der Waals surface area contributed by atoms with Crippen molar-refractivity contribution in [1.29, 1.82) is 0 Å². The van der Waals surface area contributed by atoms with E-state index >= 15 is 0 Å². The fourth-order valence-electron chi connectivity index (χ4n) is 5.96. The van der Waals surface area contributed by atoms with E-state index in [1.165, 1.54) is 0 Å². The molecule has 2 aliphatic rings. The van der Waals surface area contributed by atoms with Gasteiger partial charge in [0.2, 0.25) is 0 Å². The summed E-state index contributed by atoms with van der Waals surface area (Å²) in [7, 11) is 0. The van der Waals surface area contributed by atoms with Crippen molar-refractivity contribution in [3.05, 3.63) is 86.4 Å². The Morgan fingerprint density at radius 1 is 1.11 bits per heavy atom. The van der Waals surface area contributed by atoms with E-state index in [4.69, 9.17) is 16.3 Å². The Bertz CT molecular complexity index is 1450. The molecule has 1 aliphatic heterocycles. The smallest absolute Gasteiger partial charge is 0.253 e. The maximum absolute atomic E-state index is 13.7. The highest BCUT2D eigenvalue weighted by atomic mass is 35.5. The second-order valence-corrected chi connectivity index (χ2v) is 11.1. The van der Waals surface area contributed by atoms with Crippen LogP contribution in [0.3, 0.4) is 0 Å². The standard InChI is InChI=1S/C29H33ClN6O2/c1-19-8-11-21-16-25(29(37)31-26(21)15-19)27(28-32-33-34-36(28)23-5-2-3-6-23)35(18-24-7-4-14-38-24)17-20-9-12-22(30)13-10-20/h8-13,15-16,23-24,27H,2-7,14,17-18H2,1H3,(H,31,37)/t24-,27+/m1/s1. The molecule has 2 fully saturated rings. The number of aromatic nitrogens is 5. The molecule has 1 saturated carbocycles. The molecule has 0 bridgehead atoms. The van der Waals surface area contributed by atoms with Crippen LogP contribution in [-0.2, 0) is 11.3 Å². The third-order valence-corrected chi connectivity index (χ3v) is 8.14. The maximum Gasteiger partial charge on any atom is 0.253 e. The van der Waals surface area contributed by atoms with Gasteiger partial charge < -0.3 is 9.72 Å². The number of hydrogen-bond donors (Lipinski definition) is 1. The average molecular weight is 533 g/mol. The lowest BCUT2D eigenvalue weighted by molar-refractivity contribution is 0.0569. The number of ether oxygens (including phenoxy) is 1. The van der Waals surface area contributed by atoms with Crippen molar-refractivity contribution >= 4 is 22.5 Å². The molecule has 2 aromatic heterocycles. The molecule has 1 N–H and O–H groups in total. The molecule has 3 heterocycles. The van der Waals surface area contributed by atoms with Crippen LogP contribution in [0.25, 0.3) is 10.9 Å². The van der Waals surface area contributed by atoms with Gasteiger partial charge in [0.25, 0.3) is 5.56 Å². The van der Waals surface area contributed by atoms with Gasteiger partial charge in [-0.05, 0) is 83.8 Å². The van der Waals surface area contributed by atoms with E-state index in [1.807, 2.05) is 48.0 Å². The molecule has 4 aromatic rings. The number of nitrogens with zero attached hydrogens (tertiary/aromatic N) is 5. The zero-order valence-corrected chi connectivity index (χ0v) is 22.4. The predicted octanol–water partition coefficient (Wildman–Crippen LogP) is 5.36. The third kappa shape index (κ3) is 5.25. The number of aromatic amines is 1. The maximum atomic E-state index is 13.7. The van der Waals surface area contributed by atoms with Crippen LogP contribution in [0.4, 0.5) is 0 Å². The van der Waals surface area contributed by atoms with Gasteiger partial charge in [-0.15, -0.1) is 5.10 Å². The fourth-order valence-corrected chi connectivity index (χ4v) is 6.08. The van der Waals surface area contributed by atoms with Crippen molar-refractivity contribution in [1.82, 2.24) is 30.1 Å². The van der Waals surface area contributed by atoms with Gasteiger partial charge in [-0.25, -0.2) is 4.68 Å². The summed E-state index contributed by atoms with van der Waals surface area (Å²) in [5.74, 6) is 0.709. The van der Waals surface area contributed by atoms with Crippen LogP contribution in [0.2, 0.25) is 5.02 Å². The first-order chi connectivity index (χ1) is 18.5. The number of rotatable bonds is 8. The summed E-state index contributed by atoms with van der Waals surface area (Å²) < 4.78 is 8.05. The predicted molar refractivity (Wildman–Crippen MR) is 147 cm³/mol. The Balaban J connectivity index is 1.50. The zero-order chi connectivity index (χ0) is 26.1. The van der Waals surface area contributed by atoms with Gasteiger partial charge in [0.15, 0.2) is 5.82 Å². The van der Waals surface area contributed by atoms with Crippen LogP contribution < -0.4 is 5.56 Å². The highest BCUT2D eigenvalue weighted by Crippen LogP contribution is 2.35. The molecule has 9 heteroatoms. The lowest BCUT2D eigenvalue weighted by Crippen LogP contribution is -2.39. The first-order valence-electron chi connectivity index (χ1n) is 13.6. The molecular formula is C29H33ClN6O2. The average Bonchev–Trinajstić information content (AvgIpc) is 3.69. The van der Waals surface area contributed by atoms with Gasteiger partial charge in [-0.3, -0.25) is 9.69 Å². The van der Waals surface area contributed by atoms with Crippen LogP contribution in [0.5, 0.6) is 0 Å². The molecule has 0 radical (unpaired) electrons. The van der Waals surface area contributed by atoms with Crippen molar-refractivity contribution in [2.75, 3.05) is 13.2 Å². The van der Waals surface area contributed by atoms with E-state index in [9.17, 15) is 4.79 Å². The number of hydrogen-bond acceptors (Lipinski definition) is 6. The Kier molecular flexibility index (Phi) is 7.28. The van der Waals surface area contributed by atoms with Crippen molar-refractivity contribution in [3.63, 3.8) is 0 Å². The van der Waals surface area contributed by atoms with Crippen LogP contribution in [0, 0.1) is 6.92 Å². The van der Waals surface area contributed by atoms with Gasteiger partial charge in [0.05, 0.1) is 12.1 Å². The summed E-state index contributed by atoms with van der Waals surface area (Å²) in [6.07, 6.45) is 6.53. The number of pyridine rings is 1. The van der Waals surface area contributed by atoms with E-state index in [-0.39, 0.29) is 17.7 Å². The van der Waals surface area contributed by atoms with E-state index in [1.54, 1.807) is 0 Å². The number of halogens is 1. The molecule has 8 nitrogen and oxygen atoms in total. The Labute approximate surface area is 227 Å². The molecule has 1 saturated heterocycles. The second-order valence-electron chi connectivity index (χ2n) is 10.7. The van der Waals surface area contributed by atoms with Gasteiger partial charge in [-0.1, -0.05) is 48.7 Å². The van der Waals surface area contributed by atoms with E-state index in [0.29, 0.717) is 29.5 Å². The van der Waals surface area contributed by atoms with E-state index in [2.05, 4.69) is 37.5 Å². The number of nitrogens with one attached hydrogen (secondary N) is 1. The summed E-state index contributed by atoms with van der Waals surface area (Å²) >= 11 is 6.20. The molecule has 198 valence electrons. The van der Waals surface area contributed by atoms with Crippen molar-refractivity contribution in [2.24, 2.45) is 0 Å². The summed E-state index contributed by atoms with van der Waals surface area (Å²) in [4.78, 5) is 19.2. The normalized spacial score (nSPS) is 19.1. The van der Waals surface area contributed by atoms with Crippen LogP contribution >= 0.6 is 11.6 Å². The van der Waals surface area contributed by atoms with Gasteiger partial charge in [-0.2, -0.15) is 0 Å². The topological polar surface area (TPSA) is 88.9 Å². The van der Waals surface area contributed by atoms with Crippen molar-refractivity contribution in [2.45, 2.75) is 70.2 Å². The lowest BCUT2D eigenvalue weighted by atomic mass is 10.0. The molecule has 2 atom stereocenters. The monoisotopic (exact) mass is 532 g/mol. The van der Waals surface area contributed by atoms with Gasteiger partial charge in [0, 0.05) is 35.8 Å². The summed E-state index contributed by atoms with van der Waals surface area (Å²) in [6, 6.07) is 15.8. The molecule has 1 aliphatic carbocycles. The Hall–Kier alpha value is -3.07. The molecule has 0 unspecified atom stereocenters. The number of tetrazole rings is 1. The number of H-pyrrole nitrogens is 1. The largest absolute Gasteiger partial charge is 0.377 e. The van der Waals surface area contributed by atoms with Crippen LogP contribution in [-0.4, -0.2) is 49.3 Å². The second kappa shape index (κ2) is 11.0. The van der Waals surface area contributed by atoms with E-state index < -0.39 is 6.04 Å². The minimum Gasteiger partial charge on any atom is -0.377 e. The van der Waals surface area contributed by atoms with E-state index in [0.717, 1.165) is 67.2 Å². The zero-order valence-electron chi connectivity index (χ0n) is 21.6. The summed E-state index contributed by atoms with van der Waals surface area (Å²) in [5, 5.41) is 14.8. The first kappa shape index (κ1) is 25.2. The summed E-state index contributed by atoms with van der Waals surface area (Å²) in [6.45, 7) is 4.06. The molecule has 0 spiro atoms. The fraction of sp³-hybridized carbons (Fsp3) is 0.448. The highest BCUT2D eigenvalue weighted by molar-refractivity contribution is 6.30. The highest BCUT2D eigenvalue weighted by Gasteiger charge is 2.35. The lowest BCUT2D eigenvalue weighted by Gasteiger charge is -2.33. The SMILES string of the molecule is Cc1ccc2cc([C@@H](c3nnnn3C3CCCC3)N(Cc3ccc(Cl)cc3)C[C@H]3CCCO3)c(=O)[nH]c2c1. The third-order valence-electron chi connectivity index (χ3n) is 7.88. The molecular weight excluding hydrogens is 500 g/mol. The molecule has 0 amide bonds. The summed E-state index contributed by atoms with van der Waals surface area (Å²) in [5.41, 5.74) is 3.55. The molecule has 2 aromatic carbocycles. The minimum atomic E-state index is -0.445. The Morgan fingerprint density at radius 2 is 1.92 bits per heavy atom. The Morgan fingerprint density at radius 3 is 2.68 bits per heavy atom.